The third-order valence-corrected chi connectivity index (χ3v) is 3.90. The van der Waals surface area contributed by atoms with Crippen LogP contribution in [0.5, 0.6) is 0 Å². The Balaban J connectivity index is 2.30. The van der Waals surface area contributed by atoms with Crippen LogP contribution < -0.4 is 5.32 Å². The lowest BCUT2D eigenvalue weighted by atomic mass is 9.83. The molecule has 3 N–H and O–H groups in total. The first-order valence-electron chi connectivity index (χ1n) is 7.20. The molecule has 0 aliphatic rings. The molecule has 0 unspecified atom stereocenters. The summed E-state index contributed by atoms with van der Waals surface area (Å²) < 4.78 is 0. The molecule has 0 aliphatic carbocycles. The number of anilines is 1. The molecule has 2 heterocycles. The van der Waals surface area contributed by atoms with E-state index in [0.29, 0.717) is 11.8 Å². The second kappa shape index (κ2) is 6.22. The van der Waals surface area contributed by atoms with Crippen molar-refractivity contribution in [1.82, 2.24) is 15.0 Å². The maximum Gasteiger partial charge on any atom is 0.142 e. The average Bonchev–Trinajstić information content (AvgIpc) is 2.86. The van der Waals surface area contributed by atoms with Crippen molar-refractivity contribution in [2.75, 3.05) is 11.9 Å². The lowest BCUT2D eigenvalue weighted by molar-refractivity contribution is 0.155. The van der Waals surface area contributed by atoms with Crippen LogP contribution in [-0.4, -0.2) is 32.7 Å². The summed E-state index contributed by atoms with van der Waals surface area (Å²) >= 11 is 0. The normalized spacial score (nSPS) is 14.9. The van der Waals surface area contributed by atoms with E-state index in [1.165, 1.54) is 0 Å². The first kappa shape index (κ1) is 14.8. The lowest BCUT2D eigenvalue weighted by Crippen LogP contribution is -2.39. The quantitative estimate of drug-likeness (QED) is 0.758. The number of aromatic amines is 1. The fourth-order valence-electron chi connectivity index (χ4n) is 2.65. The van der Waals surface area contributed by atoms with Gasteiger partial charge in [-0.3, -0.25) is 0 Å². The van der Waals surface area contributed by atoms with Crippen molar-refractivity contribution in [2.24, 2.45) is 17.8 Å². The van der Waals surface area contributed by atoms with Crippen LogP contribution in [0.25, 0.3) is 11.0 Å². The van der Waals surface area contributed by atoms with Crippen LogP contribution in [0.15, 0.2) is 18.6 Å². The van der Waals surface area contributed by atoms with E-state index in [-0.39, 0.29) is 18.6 Å². The second-order valence-electron chi connectivity index (χ2n) is 5.97. The van der Waals surface area contributed by atoms with E-state index >= 15 is 0 Å². The predicted octanol–water partition coefficient (Wildman–Crippen LogP) is 2.66. The molecule has 0 saturated heterocycles. The minimum Gasteiger partial charge on any atom is -0.396 e. The fraction of sp³-hybridized carbons (Fsp3) is 0.600. The number of fused-ring (bicyclic) bond motifs is 1. The van der Waals surface area contributed by atoms with Crippen LogP contribution in [-0.2, 0) is 0 Å². The third kappa shape index (κ3) is 2.93. The Bertz CT molecular complexity index is 550. The zero-order chi connectivity index (χ0) is 14.7. The molecule has 0 amide bonds. The van der Waals surface area contributed by atoms with Crippen molar-refractivity contribution in [1.29, 1.82) is 0 Å². The van der Waals surface area contributed by atoms with Gasteiger partial charge in [0.15, 0.2) is 0 Å². The molecule has 110 valence electrons. The molecular weight excluding hydrogens is 252 g/mol. The van der Waals surface area contributed by atoms with Crippen LogP contribution >= 0.6 is 0 Å². The summed E-state index contributed by atoms with van der Waals surface area (Å²) in [4.78, 5) is 11.6. The van der Waals surface area contributed by atoms with Crippen molar-refractivity contribution < 1.29 is 5.11 Å². The van der Waals surface area contributed by atoms with E-state index in [0.717, 1.165) is 16.9 Å². The van der Waals surface area contributed by atoms with Crippen molar-refractivity contribution >= 4 is 16.9 Å². The van der Waals surface area contributed by atoms with Gasteiger partial charge >= 0.3 is 0 Å². The van der Waals surface area contributed by atoms with E-state index in [1.807, 2.05) is 12.3 Å². The summed E-state index contributed by atoms with van der Waals surface area (Å²) in [6.07, 6.45) is 3.42. The molecule has 2 rings (SSSR count). The summed E-state index contributed by atoms with van der Waals surface area (Å²) in [6.45, 7) is 8.79. The fourth-order valence-corrected chi connectivity index (χ4v) is 2.65. The minimum atomic E-state index is 0.174. The van der Waals surface area contributed by atoms with Crippen LogP contribution in [0.1, 0.15) is 27.7 Å². The molecule has 2 atom stereocenters. The largest absolute Gasteiger partial charge is 0.396 e. The maximum absolute atomic E-state index is 9.69. The Morgan fingerprint density at radius 3 is 2.55 bits per heavy atom. The molecule has 0 bridgehead atoms. The monoisotopic (exact) mass is 276 g/mol. The molecule has 0 aromatic carbocycles. The highest BCUT2D eigenvalue weighted by atomic mass is 16.3. The molecule has 2 aromatic rings. The zero-order valence-electron chi connectivity index (χ0n) is 12.6. The minimum absolute atomic E-state index is 0.174. The lowest BCUT2D eigenvalue weighted by Gasteiger charge is -2.33. The van der Waals surface area contributed by atoms with Gasteiger partial charge in [-0.2, -0.15) is 0 Å². The van der Waals surface area contributed by atoms with Gasteiger partial charge in [0.1, 0.15) is 17.8 Å². The van der Waals surface area contributed by atoms with Gasteiger partial charge in [-0.15, -0.1) is 0 Å². The van der Waals surface area contributed by atoms with E-state index in [9.17, 15) is 5.11 Å². The van der Waals surface area contributed by atoms with Crippen molar-refractivity contribution in [2.45, 2.75) is 33.7 Å². The Labute approximate surface area is 119 Å². The number of rotatable bonds is 6. The summed E-state index contributed by atoms with van der Waals surface area (Å²) in [7, 11) is 0. The molecule has 0 fully saturated rings. The Kier molecular flexibility index (Phi) is 4.60. The van der Waals surface area contributed by atoms with Gasteiger partial charge in [-0.1, -0.05) is 27.7 Å². The van der Waals surface area contributed by atoms with Crippen LogP contribution in [0, 0.1) is 17.8 Å². The molecule has 2 aromatic heterocycles. The van der Waals surface area contributed by atoms with Gasteiger partial charge in [0.25, 0.3) is 0 Å². The highest BCUT2D eigenvalue weighted by Gasteiger charge is 2.27. The maximum atomic E-state index is 9.69. The highest BCUT2D eigenvalue weighted by molar-refractivity contribution is 5.86. The summed E-state index contributed by atoms with van der Waals surface area (Å²) in [5.74, 6) is 1.83. The number of nitrogens with zero attached hydrogens (tertiary/aromatic N) is 2. The van der Waals surface area contributed by atoms with Gasteiger partial charge in [0.2, 0.25) is 0 Å². The van der Waals surface area contributed by atoms with Crippen molar-refractivity contribution in [3.05, 3.63) is 18.6 Å². The molecule has 0 spiro atoms. The SMILES string of the molecule is CC(C)[C@@H](CO)[C@@H](Nc1ncnc2[nH]ccc12)C(C)C. The van der Waals surface area contributed by atoms with E-state index in [4.69, 9.17) is 0 Å². The number of aliphatic hydroxyl groups is 1. The smallest absolute Gasteiger partial charge is 0.142 e. The summed E-state index contributed by atoms with van der Waals surface area (Å²) in [6, 6.07) is 2.14. The molecule has 5 heteroatoms. The Morgan fingerprint density at radius 2 is 1.95 bits per heavy atom. The molecule has 0 radical (unpaired) electrons. The number of hydrogen-bond donors (Lipinski definition) is 3. The standard InChI is InChI=1S/C15H24N4O/c1-9(2)12(7-20)13(10(3)4)19-15-11-5-6-16-14(11)17-8-18-15/h5-6,8-10,12-13,20H,7H2,1-4H3,(H2,16,17,18,19)/t12-,13+/m1/s1. The molecular formula is C15H24N4O. The number of aliphatic hydroxyl groups excluding tert-OH is 1. The summed E-state index contributed by atoms with van der Waals surface area (Å²) in [5.41, 5.74) is 0.829. The van der Waals surface area contributed by atoms with Gasteiger partial charge in [0.05, 0.1) is 5.39 Å². The van der Waals surface area contributed by atoms with Gasteiger partial charge in [-0.05, 0) is 17.9 Å². The number of hydrogen-bond acceptors (Lipinski definition) is 4. The number of aromatic nitrogens is 3. The average molecular weight is 276 g/mol. The molecule has 0 saturated carbocycles. The van der Waals surface area contributed by atoms with Crippen LogP contribution in [0.4, 0.5) is 5.82 Å². The topological polar surface area (TPSA) is 73.8 Å². The van der Waals surface area contributed by atoms with E-state index < -0.39 is 0 Å². The second-order valence-corrected chi connectivity index (χ2v) is 5.97. The molecule has 20 heavy (non-hydrogen) atoms. The summed E-state index contributed by atoms with van der Waals surface area (Å²) in [5, 5.41) is 14.2. The van der Waals surface area contributed by atoms with Crippen LogP contribution in [0.2, 0.25) is 0 Å². The third-order valence-electron chi connectivity index (χ3n) is 3.90. The Morgan fingerprint density at radius 1 is 1.20 bits per heavy atom. The predicted molar refractivity (Wildman–Crippen MR) is 81.6 cm³/mol. The van der Waals surface area contributed by atoms with Crippen molar-refractivity contribution in [3.63, 3.8) is 0 Å². The van der Waals surface area contributed by atoms with E-state index in [1.54, 1.807) is 6.33 Å². The first-order chi connectivity index (χ1) is 9.54. The number of nitrogens with one attached hydrogen (secondary N) is 2. The molecule has 5 nitrogen and oxygen atoms in total. The number of H-pyrrole nitrogens is 1. The van der Waals surface area contributed by atoms with Gasteiger partial charge < -0.3 is 15.4 Å². The van der Waals surface area contributed by atoms with Crippen LogP contribution in [0.3, 0.4) is 0 Å². The highest BCUT2D eigenvalue weighted by Crippen LogP contribution is 2.26. The van der Waals surface area contributed by atoms with Gasteiger partial charge in [0, 0.05) is 24.8 Å². The zero-order valence-corrected chi connectivity index (χ0v) is 12.6. The van der Waals surface area contributed by atoms with Crippen molar-refractivity contribution in [3.8, 4) is 0 Å². The first-order valence-corrected chi connectivity index (χ1v) is 7.20. The van der Waals surface area contributed by atoms with Gasteiger partial charge in [-0.25, -0.2) is 9.97 Å². The Hall–Kier alpha value is -1.62. The molecule has 0 aliphatic heterocycles. The van der Waals surface area contributed by atoms with E-state index in [2.05, 4.69) is 48.0 Å².